The Kier molecular flexibility index (Phi) is 8.03. The Morgan fingerprint density at radius 1 is 1.06 bits per heavy atom. The lowest BCUT2D eigenvalue weighted by Crippen LogP contribution is -2.44. The summed E-state index contributed by atoms with van der Waals surface area (Å²) in [6, 6.07) is 14.4. The predicted molar refractivity (Wildman–Crippen MR) is 118 cm³/mol. The van der Waals surface area contributed by atoms with Gasteiger partial charge in [0, 0.05) is 19.6 Å². The molecule has 0 unspecified atom stereocenters. The summed E-state index contributed by atoms with van der Waals surface area (Å²) in [5.41, 5.74) is 2.07. The van der Waals surface area contributed by atoms with Crippen molar-refractivity contribution < 1.29 is 23.8 Å². The number of hydrogen-bond donors (Lipinski definition) is 1. The van der Waals surface area contributed by atoms with E-state index in [1.54, 1.807) is 30.3 Å². The van der Waals surface area contributed by atoms with Gasteiger partial charge in [-0.15, -0.1) is 0 Å². The zero-order valence-electron chi connectivity index (χ0n) is 18.3. The van der Waals surface area contributed by atoms with Crippen molar-refractivity contribution in [3.63, 3.8) is 0 Å². The highest BCUT2D eigenvalue weighted by atomic mass is 16.5. The van der Waals surface area contributed by atoms with Gasteiger partial charge in [0.1, 0.15) is 5.75 Å². The van der Waals surface area contributed by atoms with Crippen LogP contribution in [0.1, 0.15) is 36.7 Å². The first-order valence-corrected chi connectivity index (χ1v) is 10.6. The smallest absolute Gasteiger partial charge is 0.338 e. The van der Waals surface area contributed by atoms with E-state index in [-0.39, 0.29) is 18.8 Å². The highest BCUT2D eigenvalue weighted by Crippen LogP contribution is 2.23. The van der Waals surface area contributed by atoms with Gasteiger partial charge in [0.15, 0.2) is 6.61 Å². The fourth-order valence-electron chi connectivity index (χ4n) is 3.67. The number of morpholine rings is 1. The molecule has 1 aliphatic rings. The molecule has 3 rings (SSSR count). The fraction of sp³-hybridized carbons (Fsp3) is 0.417. The maximum Gasteiger partial charge on any atom is 0.338 e. The number of hydrogen-bond acceptors (Lipinski definition) is 6. The number of anilines is 1. The Morgan fingerprint density at radius 2 is 1.74 bits per heavy atom. The summed E-state index contributed by atoms with van der Waals surface area (Å²) in [6.45, 7) is 8.71. The van der Waals surface area contributed by atoms with Crippen molar-refractivity contribution >= 4 is 17.6 Å². The number of benzene rings is 2. The third-order valence-electron chi connectivity index (χ3n) is 4.89. The molecule has 1 N–H and O–H groups in total. The Balaban J connectivity index is 1.49. The van der Waals surface area contributed by atoms with Crippen molar-refractivity contribution in [3.05, 3.63) is 59.7 Å². The zero-order chi connectivity index (χ0) is 22.2. The second-order valence-electron chi connectivity index (χ2n) is 7.70. The third kappa shape index (κ3) is 6.80. The molecule has 0 aromatic heterocycles. The molecule has 2 aromatic rings. The van der Waals surface area contributed by atoms with E-state index in [9.17, 15) is 9.59 Å². The number of carbonyl (C=O) groups excluding carboxylic acids is 2. The van der Waals surface area contributed by atoms with E-state index < -0.39 is 11.9 Å². The molecule has 0 saturated carbocycles. The molecular formula is C24H30N2O5. The highest BCUT2D eigenvalue weighted by Gasteiger charge is 2.22. The molecule has 1 fully saturated rings. The molecule has 2 atom stereocenters. The normalized spacial score (nSPS) is 18.9. The van der Waals surface area contributed by atoms with Gasteiger partial charge >= 0.3 is 5.97 Å². The second kappa shape index (κ2) is 10.9. The summed E-state index contributed by atoms with van der Waals surface area (Å²) in [6.07, 6.45) is 0.425. The van der Waals surface area contributed by atoms with Crippen LogP contribution >= 0.6 is 0 Å². The van der Waals surface area contributed by atoms with Crippen molar-refractivity contribution in [2.24, 2.45) is 0 Å². The van der Waals surface area contributed by atoms with E-state index >= 15 is 0 Å². The summed E-state index contributed by atoms with van der Waals surface area (Å²) >= 11 is 0. The summed E-state index contributed by atoms with van der Waals surface area (Å²) in [4.78, 5) is 26.8. The van der Waals surface area contributed by atoms with Gasteiger partial charge in [-0.05, 0) is 50.6 Å². The molecule has 31 heavy (non-hydrogen) atoms. The van der Waals surface area contributed by atoms with E-state index in [4.69, 9.17) is 14.2 Å². The zero-order valence-corrected chi connectivity index (χ0v) is 18.3. The van der Waals surface area contributed by atoms with E-state index in [0.29, 0.717) is 23.6 Å². The SMILES string of the molecule is CCOc1ccccc1NC(=O)COC(=O)c1ccc(CN2C[C@@H](C)O[C@@H](C)C2)cc1. The predicted octanol–water partition coefficient (Wildman–Crippen LogP) is 3.49. The highest BCUT2D eigenvalue weighted by molar-refractivity contribution is 5.96. The summed E-state index contributed by atoms with van der Waals surface area (Å²) < 4.78 is 16.4. The molecule has 0 spiro atoms. The van der Waals surface area contributed by atoms with Gasteiger partial charge in [-0.25, -0.2) is 4.79 Å². The first-order chi connectivity index (χ1) is 14.9. The second-order valence-corrected chi connectivity index (χ2v) is 7.70. The van der Waals surface area contributed by atoms with Crippen LogP contribution in [-0.2, 0) is 20.8 Å². The maximum atomic E-state index is 12.3. The molecule has 1 amide bonds. The van der Waals surface area contributed by atoms with Crippen molar-refractivity contribution in [2.45, 2.75) is 39.5 Å². The molecule has 1 aliphatic heterocycles. The largest absolute Gasteiger partial charge is 0.492 e. The maximum absolute atomic E-state index is 12.3. The topological polar surface area (TPSA) is 77.1 Å². The molecule has 1 saturated heterocycles. The minimum absolute atomic E-state index is 0.213. The van der Waals surface area contributed by atoms with E-state index in [1.165, 1.54) is 0 Å². The van der Waals surface area contributed by atoms with Gasteiger partial charge in [-0.2, -0.15) is 0 Å². The molecule has 0 radical (unpaired) electrons. The molecule has 0 aliphatic carbocycles. The van der Waals surface area contributed by atoms with E-state index in [0.717, 1.165) is 25.2 Å². The van der Waals surface area contributed by atoms with Crippen LogP contribution in [0.2, 0.25) is 0 Å². The minimum atomic E-state index is -0.534. The summed E-state index contributed by atoms with van der Waals surface area (Å²) in [7, 11) is 0. The molecule has 2 aromatic carbocycles. The number of amides is 1. The summed E-state index contributed by atoms with van der Waals surface area (Å²) in [5, 5.41) is 2.71. The van der Waals surface area contributed by atoms with Crippen molar-refractivity contribution in [1.82, 2.24) is 4.90 Å². The first kappa shape index (κ1) is 22.8. The minimum Gasteiger partial charge on any atom is -0.492 e. The Bertz CT molecular complexity index is 874. The van der Waals surface area contributed by atoms with Gasteiger partial charge in [0.05, 0.1) is 30.1 Å². The summed E-state index contributed by atoms with van der Waals surface area (Å²) in [5.74, 6) is -0.384. The lowest BCUT2D eigenvalue weighted by atomic mass is 10.1. The molecular weight excluding hydrogens is 396 g/mol. The van der Waals surface area contributed by atoms with Crippen LogP contribution in [0.4, 0.5) is 5.69 Å². The third-order valence-corrected chi connectivity index (χ3v) is 4.89. The Hall–Kier alpha value is -2.90. The van der Waals surface area contributed by atoms with Crippen molar-refractivity contribution in [2.75, 3.05) is 31.6 Å². The number of para-hydroxylation sites is 2. The average molecular weight is 427 g/mol. The van der Waals surface area contributed by atoms with E-state index in [2.05, 4.69) is 24.1 Å². The van der Waals surface area contributed by atoms with Crippen molar-refractivity contribution in [3.8, 4) is 5.75 Å². The average Bonchev–Trinajstić information content (AvgIpc) is 2.73. The van der Waals surface area contributed by atoms with Crippen LogP contribution < -0.4 is 10.1 Å². The number of rotatable bonds is 8. The number of carbonyl (C=O) groups is 2. The fourth-order valence-corrected chi connectivity index (χ4v) is 3.67. The van der Waals surface area contributed by atoms with Crippen LogP contribution in [-0.4, -0.2) is 55.3 Å². The van der Waals surface area contributed by atoms with Crippen LogP contribution in [0.15, 0.2) is 48.5 Å². The van der Waals surface area contributed by atoms with Gasteiger partial charge in [-0.1, -0.05) is 24.3 Å². The number of ether oxygens (including phenoxy) is 3. The van der Waals surface area contributed by atoms with Crippen LogP contribution in [0.5, 0.6) is 5.75 Å². The number of esters is 1. The first-order valence-electron chi connectivity index (χ1n) is 10.6. The lowest BCUT2D eigenvalue weighted by Gasteiger charge is -2.35. The van der Waals surface area contributed by atoms with Gasteiger partial charge < -0.3 is 19.5 Å². The quantitative estimate of drug-likeness (QED) is 0.651. The molecule has 1 heterocycles. The van der Waals surface area contributed by atoms with Gasteiger partial charge in [0.2, 0.25) is 0 Å². The number of nitrogens with zero attached hydrogens (tertiary/aromatic N) is 1. The van der Waals surface area contributed by atoms with Crippen LogP contribution in [0.3, 0.4) is 0 Å². The molecule has 7 nitrogen and oxygen atoms in total. The number of nitrogens with one attached hydrogen (secondary N) is 1. The monoisotopic (exact) mass is 426 g/mol. The molecule has 166 valence electrons. The Morgan fingerprint density at radius 3 is 2.42 bits per heavy atom. The molecule has 7 heteroatoms. The van der Waals surface area contributed by atoms with Gasteiger partial charge in [0.25, 0.3) is 5.91 Å². The van der Waals surface area contributed by atoms with E-state index in [1.807, 2.05) is 25.1 Å². The Labute approximate surface area is 183 Å². The van der Waals surface area contributed by atoms with Crippen LogP contribution in [0, 0.1) is 0 Å². The van der Waals surface area contributed by atoms with Crippen molar-refractivity contribution in [1.29, 1.82) is 0 Å². The standard InChI is InChI=1S/C24H30N2O5/c1-4-29-22-8-6-5-7-21(22)25-23(27)16-30-24(28)20-11-9-19(10-12-20)15-26-13-17(2)31-18(3)14-26/h5-12,17-18H,4,13-16H2,1-3H3,(H,25,27)/t17-,18+. The van der Waals surface area contributed by atoms with Gasteiger partial charge in [-0.3, -0.25) is 9.69 Å². The van der Waals surface area contributed by atoms with Crippen LogP contribution in [0.25, 0.3) is 0 Å². The lowest BCUT2D eigenvalue weighted by molar-refractivity contribution is -0.119. The molecule has 0 bridgehead atoms.